The van der Waals surface area contributed by atoms with Crippen molar-refractivity contribution >= 4 is 48.5 Å². The Kier molecular flexibility index (Phi) is 9.57. The Morgan fingerprint density at radius 3 is 2.20 bits per heavy atom. The third-order valence-corrected chi connectivity index (χ3v) is 9.68. The van der Waals surface area contributed by atoms with Crippen LogP contribution in [0.2, 0.25) is 0 Å². The topological polar surface area (TPSA) is 174 Å². The van der Waals surface area contributed by atoms with Crippen molar-refractivity contribution in [2.24, 2.45) is 0 Å². The van der Waals surface area contributed by atoms with Crippen molar-refractivity contribution in [2.45, 2.75) is 27.8 Å². The summed E-state index contributed by atoms with van der Waals surface area (Å²) in [5.41, 5.74) is -1.28. The van der Waals surface area contributed by atoms with E-state index in [4.69, 9.17) is 4.74 Å². The number of hydrogen-bond donors (Lipinski definition) is 3. The Balaban J connectivity index is 1.47. The first-order chi connectivity index (χ1) is 21.5. The lowest BCUT2D eigenvalue weighted by molar-refractivity contribution is -0.385. The fourth-order valence-electron chi connectivity index (χ4n) is 4.15. The number of carbonyl (C=O) groups excluding carboxylic acids is 1. The Morgan fingerprint density at radius 2 is 1.57 bits per heavy atom. The van der Waals surface area contributed by atoms with Gasteiger partial charge in [-0.2, -0.15) is 13.2 Å². The molecule has 46 heavy (non-hydrogen) atoms. The van der Waals surface area contributed by atoms with Gasteiger partial charge in [0.15, 0.2) is 0 Å². The van der Waals surface area contributed by atoms with Gasteiger partial charge in [-0.3, -0.25) is 19.6 Å². The summed E-state index contributed by atoms with van der Waals surface area (Å²) < 4.78 is 98.6. The van der Waals surface area contributed by atoms with Crippen LogP contribution in [0.4, 0.5) is 35.9 Å². The number of aryl methyl sites for hydroxylation is 1. The number of anilines is 3. The van der Waals surface area contributed by atoms with Crippen LogP contribution >= 0.6 is 0 Å². The molecule has 12 nitrogen and oxygen atoms in total. The van der Waals surface area contributed by atoms with Gasteiger partial charge in [0.2, 0.25) is 15.7 Å². The molecule has 0 radical (unpaired) electrons. The van der Waals surface area contributed by atoms with Crippen molar-refractivity contribution in [2.75, 3.05) is 29.0 Å². The molecule has 0 fully saturated rings. The van der Waals surface area contributed by atoms with Crippen LogP contribution in [0.25, 0.3) is 0 Å². The number of ether oxygens (including phenoxy) is 1. The van der Waals surface area contributed by atoms with Crippen molar-refractivity contribution < 1.29 is 44.5 Å². The van der Waals surface area contributed by atoms with E-state index in [-0.39, 0.29) is 48.7 Å². The number of nitro groups is 1. The minimum absolute atomic E-state index is 0.00119. The summed E-state index contributed by atoms with van der Waals surface area (Å²) in [6.45, 7) is 1.02. The fraction of sp³-hybridized carbons (Fsp3) is 0.138. The molecule has 0 aliphatic heterocycles. The monoisotopic (exact) mass is 678 g/mol. The van der Waals surface area contributed by atoms with Crippen LogP contribution in [-0.2, 0) is 30.8 Å². The number of rotatable bonds is 11. The molecule has 0 aromatic heterocycles. The molecule has 4 aromatic carbocycles. The van der Waals surface area contributed by atoms with E-state index >= 15 is 0 Å². The smallest absolute Gasteiger partial charge is 0.416 e. The highest BCUT2D eigenvalue weighted by atomic mass is 32.2. The van der Waals surface area contributed by atoms with E-state index in [1.807, 2.05) is 0 Å². The number of sulfonamides is 1. The number of methoxy groups -OCH3 is 1. The van der Waals surface area contributed by atoms with Gasteiger partial charge in [-0.05, 0) is 67.6 Å². The van der Waals surface area contributed by atoms with Gasteiger partial charge >= 0.3 is 6.18 Å². The molecule has 3 N–H and O–H groups in total. The maximum Gasteiger partial charge on any atom is 0.416 e. The average molecular weight is 679 g/mol. The van der Waals surface area contributed by atoms with Gasteiger partial charge in [-0.1, -0.05) is 12.1 Å². The largest absolute Gasteiger partial charge is 0.497 e. The first-order valence-electron chi connectivity index (χ1n) is 13.0. The number of nitrogens with zero attached hydrogens (tertiary/aromatic N) is 1. The van der Waals surface area contributed by atoms with E-state index < -0.39 is 49.0 Å². The lowest BCUT2D eigenvalue weighted by Crippen LogP contribution is -2.22. The summed E-state index contributed by atoms with van der Waals surface area (Å²) in [4.78, 5) is 22.4. The van der Waals surface area contributed by atoms with Gasteiger partial charge in [0.25, 0.3) is 15.7 Å². The van der Waals surface area contributed by atoms with Crippen molar-refractivity contribution in [3.8, 4) is 5.75 Å². The maximum absolute atomic E-state index is 13.5. The van der Waals surface area contributed by atoms with E-state index in [1.165, 1.54) is 62.6 Å². The quantitative estimate of drug-likeness (QED) is 0.134. The molecule has 4 rings (SSSR count). The molecule has 242 valence electrons. The molecule has 4 aromatic rings. The molecule has 0 unspecified atom stereocenters. The van der Waals surface area contributed by atoms with Gasteiger partial charge in [0.05, 0.1) is 44.5 Å². The predicted molar refractivity (Wildman–Crippen MR) is 162 cm³/mol. The standard InChI is InChI=1S/C29H25F3N4O8S2/c1-18-6-10-24(16-26(18)36(38)39)45(40,41)27-15-22(44-2)9-13-25(27)33-17-28(37)34-20-7-11-23(12-8-20)46(42,43)35-21-5-3-4-19(14-21)29(30,31)32/h3-16,33,35H,17H2,1-2H3,(H,34,37). The van der Waals surface area contributed by atoms with Crippen LogP contribution in [0.15, 0.2) is 99.6 Å². The molecule has 1 amide bonds. The number of sulfone groups is 1. The summed E-state index contributed by atoms with van der Waals surface area (Å²) >= 11 is 0. The van der Waals surface area contributed by atoms with Gasteiger partial charge in [-0.25, -0.2) is 16.8 Å². The van der Waals surface area contributed by atoms with Crippen LogP contribution in [-0.4, -0.2) is 41.3 Å². The average Bonchev–Trinajstić information content (AvgIpc) is 2.99. The highest BCUT2D eigenvalue weighted by Crippen LogP contribution is 2.34. The van der Waals surface area contributed by atoms with Crippen molar-refractivity contribution in [1.29, 1.82) is 0 Å². The molecule has 0 heterocycles. The van der Waals surface area contributed by atoms with Crippen LogP contribution in [0.5, 0.6) is 5.75 Å². The van der Waals surface area contributed by atoms with Crippen molar-refractivity contribution in [3.63, 3.8) is 0 Å². The van der Waals surface area contributed by atoms with E-state index in [1.54, 1.807) is 0 Å². The summed E-state index contributed by atoms with van der Waals surface area (Å²) in [6, 6.07) is 16.0. The fourth-order valence-corrected chi connectivity index (χ4v) is 6.67. The third-order valence-electron chi connectivity index (χ3n) is 6.50. The number of nitro benzene ring substituents is 1. The highest BCUT2D eigenvalue weighted by Gasteiger charge is 2.31. The van der Waals surface area contributed by atoms with Crippen LogP contribution in [0.3, 0.4) is 0 Å². The normalized spacial score (nSPS) is 11.8. The van der Waals surface area contributed by atoms with E-state index in [0.29, 0.717) is 6.07 Å². The number of alkyl halides is 3. The Bertz CT molecular complexity index is 2020. The van der Waals surface area contributed by atoms with Crippen LogP contribution < -0.4 is 20.1 Å². The third kappa shape index (κ3) is 7.73. The molecule has 0 saturated carbocycles. The van der Waals surface area contributed by atoms with Crippen molar-refractivity contribution in [1.82, 2.24) is 0 Å². The number of amides is 1. The molecular formula is C29H25F3N4O8S2. The summed E-state index contributed by atoms with van der Waals surface area (Å²) in [6.07, 6.45) is -4.66. The first-order valence-corrected chi connectivity index (χ1v) is 16.0. The summed E-state index contributed by atoms with van der Waals surface area (Å²) in [5, 5.41) is 16.6. The second-order valence-electron chi connectivity index (χ2n) is 9.68. The molecule has 0 spiro atoms. The number of carbonyl (C=O) groups is 1. The van der Waals surface area contributed by atoms with E-state index in [9.17, 15) is 44.9 Å². The molecule has 0 saturated heterocycles. The number of halogens is 3. The predicted octanol–water partition coefficient (Wildman–Crippen LogP) is 5.61. The van der Waals surface area contributed by atoms with E-state index in [0.717, 1.165) is 30.3 Å². The number of benzene rings is 4. The van der Waals surface area contributed by atoms with Crippen LogP contribution in [0, 0.1) is 17.0 Å². The maximum atomic E-state index is 13.5. The number of hydrogen-bond acceptors (Lipinski definition) is 9. The van der Waals surface area contributed by atoms with Gasteiger partial charge in [-0.15, -0.1) is 0 Å². The zero-order chi connectivity index (χ0) is 33.9. The molecule has 0 atom stereocenters. The highest BCUT2D eigenvalue weighted by molar-refractivity contribution is 7.92. The zero-order valence-electron chi connectivity index (χ0n) is 24.0. The molecule has 0 aliphatic carbocycles. The SMILES string of the molecule is COc1ccc(NCC(=O)Nc2ccc(S(=O)(=O)Nc3cccc(C(F)(F)F)c3)cc2)c(S(=O)(=O)c2ccc(C)c([N+](=O)[O-])c2)c1. The first kappa shape index (κ1) is 33.7. The minimum atomic E-state index is -4.66. The summed E-state index contributed by atoms with van der Waals surface area (Å²) in [7, 11) is -7.28. The lowest BCUT2D eigenvalue weighted by Gasteiger charge is -2.15. The Labute approximate surface area is 261 Å². The van der Waals surface area contributed by atoms with Gasteiger partial charge in [0, 0.05) is 29.1 Å². The second-order valence-corrected chi connectivity index (χ2v) is 13.3. The van der Waals surface area contributed by atoms with Gasteiger partial charge < -0.3 is 15.4 Å². The van der Waals surface area contributed by atoms with Crippen molar-refractivity contribution in [3.05, 3.63) is 106 Å². The lowest BCUT2D eigenvalue weighted by atomic mass is 10.2. The van der Waals surface area contributed by atoms with Gasteiger partial charge in [0.1, 0.15) is 5.75 Å². The second kappa shape index (κ2) is 13.1. The van der Waals surface area contributed by atoms with E-state index in [2.05, 4.69) is 15.4 Å². The Morgan fingerprint density at radius 1 is 0.891 bits per heavy atom. The minimum Gasteiger partial charge on any atom is -0.497 e. The van der Waals surface area contributed by atoms with Crippen LogP contribution in [0.1, 0.15) is 11.1 Å². The summed E-state index contributed by atoms with van der Waals surface area (Å²) in [5.74, 6) is -0.476. The molecule has 0 bridgehead atoms. The molecule has 17 heteroatoms. The molecular weight excluding hydrogens is 653 g/mol. The number of nitrogens with one attached hydrogen (secondary N) is 3. The zero-order valence-corrected chi connectivity index (χ0v) is 25.6. The Hall–Kier alpha value is -5.16. The molecule has 0 aliphatic rings.